The van der Waals surface area contributed by atoms with E-state index in [4.69, 9.17) is 10.5 Å². The van der Waals surface area contributed by atoms with E-state index in [1.807, 2.05) is 0 Å². The van der Waals surface area contributed by atoms with Crippen LogP contribution in [0.5, 0.6) is 0 Å². The van der Waals surface area contributed by atoms with E-state index in [0.717, 1.165) is 18.2 Å². The summed E-state index contributed by atoms with van der Waals surface area (Å²) in [5.41, 5.74) is 5.88. The van der Waals surface area contributed by atoms with Gasteiger partial charge in [-0.25, -0.2) is 15.0 Å². The first-order valence-electron chi connectivity index (χ1n) is 8.19. The number of rotatable bonds is 5. The van der Waals surface area contributed by atoms with Gasteiger partial charge in [0.25, 0.3) is 0 Å². The molecule has 2 aromatic heterocycles. The molecule has 0 bridgehead atoms. The van der Waals surface area contributed by atoms with E-state index in [9.17, 15) is 13.2 Å². The van der Waals surface area contributed by atoms with Crippen molar-refractivity contribution in [2.24, 2.45) is 0 Å². The maximum atomic E-state index is 12.8. The van der Waals surface area contributed by atoms with Crippen molar-refractivity contribution in [3.8, 4) is 0 Å². The Morgan fingerprint density at radius 1 is 1.23 bits per heavy atom. The molecule has 0 radical (unpaired) electrons. The van der Waals surface area contributed by atoms with Crippen LogP contribution in [0.4, 0.5) is 24.9 Å². The van der Waals surface area contributed by atoms with Gasteiger partial charge in [-0.2, -0.15) is 18.2 Å². The molecular formula is C16H19F3N6O. The molecule has 0 aliphatic carbocycles. The second-order valence-corrected chi connectivity index (χ2v) is 6.08. The quantitative estimate of drug-likeness (QED) is 0.836. The van der Waals surface area contributed by atoms with Crippen molar-refractivity contribution < 1.29 is 17.9 Å². The van der Waals surface area contributed by atoms with Crippen LogP contribution in [-0.4, -0.2) is 39.7 Å². The summed E-state index contributed by atoms with van der Waals surface area (Å²) in [5, 5.41) is 3.04. The first-order chi connectivity index (χ1) is 12.3. The molecule has 3 rings (SSSR count). The molecule has 0 saturated carbocycles. The van der Waals surface area contributed by atoms with Gasteiger partial charge in [0, 0.05) is 37.3 Å². The molecule has 1 aliphatic rings. The Hall–Kier alpha value is -2.49. The number of nitrogens with two attached hydrogens (primary N) is 1. The van der Waals surface area contributed by atoms with Crippen molar-refractivity contribution in [2.45, 2.75) is 31.9 Å². The van der Waals surface area contributed by atoms with Crippen LogP contribution in [0.15, 0.2) is 12.1 Å². The highest BCUT2D eigenvalue weighted by Gasteiger charge is 2.33. The highest BCUT2D eigenvalue weighted by Crippen LogP contribution is 2.28. The number of ether oxygens (including phenoxy) is 1. The molecule has 7 nitrogen and oxygen atoms in total. The van der Waals surface area contributed by atoms with Crippen molar-refractivity contribution in [3.63, 3.8) is 0 Å². The van der Waals surface area contributed by atoms with Gasteiger partial charge in [0.2, 0.25) is 5.95 Å². The number of nitrogens with zero attached hydrogens (tertiary/aromatic N) is 4. The number of hydrogen-bond acceptors (Lipinski definition) is 7. The SMILES string of the molecule is Cc1cc(C(F)(F)F)nc(CCNc2cc([C@H]3CCOC3)nc(N)n2)n1. The maximum absolute atomic E-state index is 12.8. The smallest absolute Gasteiger partial charge is 0.381 e. The zero-order valence-electron chi connectivity index (χ0n) is 14.2. The monoisotopic (exact) mass is 368 g/mol. The van der Waals surface area contributed by atoms with Crippen LogP contribution in [-0.2, 0) is 17.3 Å². The molecule has 3 heterocycles. The summed E-state index contributed by atoms with van der Waals surface area (Å²) in [4.78, 5) is 16.0. The molecule has 1 atom stereocenters. The Morgan fingerprint density at radius 3 is 2.73 bits per heavy atom. The highest BCUT2D eigenvalue weighted by atomic mass is 19.4. The average molecular weight is 368 g/mol. The lowest BCUT2D eigenvalue weighted by molar-refractivity contribution is -0.141. The van der Waals surface area contributed by atoms with Gasteiger partial charge >= 0.3 is 6.18 Å². The third-order valence-corrected chi connectivity index (χ3v) is 3.96. The highest BCUT2D eigenvalue weighted by molar-refractivity contribution is 5.41. The summed E-state index contributed by atoms with van der Waals surface area (Å²) in [7, 11) is 0. The molecule has 0 aromatic carbocycles. The first kappa shape index (κ1) is 18.3. The summed E-state index contributed by atoms with van der Waals surface area (Å²) in [6.45, 7) is 3.10. The summed E-state index contributed by atoms with van der Waals surface area (Å²) >= 11 is 0. The Bertz CT molecular complexity index is 777. The predicted octanol–water partition coefficient (Wildman–Crippen LogP) is 2.33. The lowest BCUT2D eigenvalue weighted by atomic mass is 10.0. The Balaban J connectivity index is 1.66. The molecule has 2 aromatic rings. The average Bonchev–Trinajstić information content (AvgIpc) is 3.07. The van der Waals surface area contributed by atoms with Gasteiger partial charge < -0.3 is 15.8 Å². The van der Waals surface area contributed by atoms with E-state index in [2.05, 4.69) is 25.3 Å². The van der Waals surface area contributed by atoms with Gasteiger partial charge in [0.15, 0.2) is 0 Å². The minimum atomic E-state index is -4.49. The molecule has 1 fully saturated rings. The van der Waals surface area contributed by atoms with Crippen LogP contribution >= 0.6 is 0 Å². The second kappa shape index (κ2) is 7.40. The third kappa shape index (κ3) is 4.57. The molecule has 1 aliphatic heterocycles. The fraction of sp³-hybridized carbons (Fsp3) is 0.500. The fourth-order valence-corrected chi connectivity index (χ4v) is 2.74. The van der Waals surface area contributed by atoms with E-state index >= 15 is 0 Å². The number of halogens is 3. The van der Waals surface area contributed by atoms with Gasteiger partial charge in [-0.1, -0.05) is 0 Å². The minimum absolute atomic E-state index is 0.122. The van der Waals surface area contributed by atoms with Crippen LogP contribution in [0.25, 0.3) is 0 Å². The normalized spacial score (nSPS) is 17.5. The van der Waals surface area contributed by atoms with Crippen LogP contribution in [0.3, 0.4) is 0 Å². The standard InChI is InChI=1S/C16H19F3N6O/c1-9-6-12(16(17,18)19)24-13(22-9)2-4-21-14-7-11(23-15(20)25-14)10-3-5-26-8-10/h6-7,10H,2-5,8H2,1H3,(H3,20,21,23,25)/t10-/m0/s1. The van der Waals surface area contributed by atoms with Gasteiger partial charge in [0.1, 0.15) is 17.3 Å². The number of hydrogen-bond donors (Lipinski definition) is 2. The summed E-state index contributed by atoms with van der Waals surface area (Å²) in [6, 6.07) is 2.71. The van der Waals surface area contributed by atoms with Gasteiger partial charge in [-0.15, -0.1) is 0 Å². The molecule has 26 heavy (non-hydrogen) atoms. The van der Waals surface area contributed by atoms with Crippen LogP contribution < -0.4 is 11.1 Å². The lowest BCUT2D eigenvalue weighted by Gasteiger charge is -2.12. The molecule has 0 unspecified atom stereocenters. The number of aromatic nitrogens is 4. The number of nitrogens with one attached hydrogen (secondary N) is 1. The molecule has 140 valence electrons. The van der Waals surface area contributed by atoms with Crippen LogP contribution in [0.2, 0.25) is 0 Å². The van der Waals surface area contributed by atoms with Crippen molar-refractivity contribution in [3.05, 3.63) is 35.0 Å². The first-order valence-corrected chi connectivity index (χ1v) is 8.19. The van der Waals surface area contributed by atoms with Gasteiger partial charge in [0.05, 0.1) is 12.3 Å². The zero-order chi connectivity index (χ0) is 18.7. The minimum Gasteiger partial charge on any atom is -0.381 e. The summed E-state index contributed by atoms with van der Waals surface area (Å²) in [5.74, 6) is 0.956. The Labute approximate surface area is 148 Å². The van der Waals surface area contributed by atoms with E-state index in [1.54, 1.807) is 6.07 Å². The summed E-state index contributed by atoms with van der Waals surface area (Å²) in [6.07, 6.45) is -3.40. The lowest BCUT2D eigenvalue weighted by Crippen LogP contribution is -2.15. The van der Waals surface area contributed by atoms with Gasteiger partial charge in [-0.05, 0) is 19.4 Å². The maximum Gasteiger partial charge on any atom is 0.433 e. The fourth-order valence-electron chi connectivity index (χ4n) is 2.74. The van der Waals surface area contributed by atoms with Crippen molar-refractivity contribution in [1.29, 1.82) is 0 Å². The Morgan fingerprint density at radius 2 is 2.04 bits per heavy atom. The number of aryl methyl sites for hydroxylation is 1. The zero-order valence-corrected chi connectivity index (χ0v) is 14.2. The Kier molecular flexibility index (Phi) is 5.21. The van der Waals surface area contributed by atoms with Gasteiger partial charge in [-0.3, -0.25) is 0 Å². The molecule has 1 saturated heterocycles. The second-order valence-electron chi connectivity index (χ2n) is 6.08. The van der Waals surface area contributed by atoms with E-state index in [1.165, 1.54) is 6.92 Å². The molecule has 0 amide bonds. The van der Waals surface area contributed by atoms with Crippen molar-refractivity contribution in [2.75, 3.05) is 30.8 Å². The van der Waals surface area contributed by atoms with Crippen LogP contribution in [0, 0.1) is 6.92 Å². The predicted molar refractivity (Wildman–Crippen MR) is 88.6 cm³/mol. The molecular weight excluding hydrogens is 349 g/mol. The van der Waals surface area contributed by atoms with E-state index < -0.39 is 11.9 Å². The van der Waals surface area contributed by atoms with Crippen LogP contribution in [0.1, 0.15) is 35.2 Å². The molecule has 0 spiro atoms. The summed E-state index contributed by atoms with van der Waals surface area (Å²) < 4.78 is 43.8. The topological polar surface area (TPSA) is 98.8 Å². The van der Waals surface area contributed by atoms with Crippen molar-refractivity contribution >= 4 is 11.8 Å². The molecule has 3 N–H and O–H groups in total. The van der Waals surface area contributed by atoms with Crippen molar-refractivity contribution in [1.82, 2.24) is 19.9 Å². The third-order valence-electron chi connectivity index (χ3n) is 3.96. The number of nitrogen functional groups attached to an aromatic ring is 1. The number of alkyl halides is 3. The molecule has 10 heteroatoms. The number of anilines is 2. The van der Waals surface area contributed by atoms with E-state index in [0.29, 0.717) is 25.6 Å². The van der Waals surface area contributed by atoms with E-state index in [-0.39, 0.29) is 29.8 Å². The largest absolute Gasteiger partial charge is 0.433 e.